The number of hydrogen-bond donors (Lipinski definition) is 0. The van der Waals surface area contributed by atoms with Crippen LogP contribution >= 0.6 is 0 Å². The maximum atomic E-state index is 9.91. The van der Waals surface area contributed by atoms with Crippen LogP contribution in [0.3, 0.4) is 0 Å². The number of hydrogen-bond acceptors (Lipinski definition) is 8. The molecule has 0 aromatic rings. The second-order valence-corrected chi connectivity index (χ2v) is 10.1. The largest absolute Gasteiger partial charge is 4.00 e. The molecule has 0 aromatic carbocycles. The Morgan fingerprint density at radius 3 is 0.414 bits per heavy atom. The van der Waals surface area contributed by atoms with Gasteiger partial charge in [0.2, 0.25) is 0 Å². The fourth-order valence-corrected chi connectivity index (χ4v) is 0. The maximum Gasteiger partial charge on any atom is 4.00 e. The van der Waals surface area contributed by atoms with Gasteiger partial charge in [-0.1, -0.05) is 83.1 Å². The first-order chi connectivity index (χ1) is 11.8. The SMILES string of the molecule is CC(C)(C)C(=O)[O-].CC(C)(C)C(=O)[O-].CC(C)(C)C(=O)[O-].CC(C)(C)C(=O)[O-].[Hf+4]. The van der Waals surface area contributed by atoms with E-state index in [-0.39, 0.29) is 25.8 Å². The molecule has 0 heterocycles. The summed E-state index contributed by atoms with van der Waals surface area (Å²) in [5, 5.41) is 39.6. The van der Waals surface area contributed by atoms with E-state index in [1.807, 2.05) is 0 Å². The minimum atomic E-state index is -1.01. The van der Waals surface area contributed by atoms with E-state index in [2.05, 4.69) is 0 Å². The number of carboxylic acids is 4. The molecule has 0 saturated carbocycles. The monoisotopic (exact) mass is 584 g/mol. The zero-order chi connectivity index (χ0) is 24.3. The Morgan fingerprint density at radius 1 is 0.379 bits per heavy atom. The van der Waals surface area contributed by atoms with E-state index in [4.69, 9.17) is 0 Å². The van der Waals surface area contributed by atoms with E-state index in [0.29, 0.717) is 0 Å². The fraction of sp³-hybridized carbons (Fsp3) is 0.800. The van der Waals surface area contributed by atoms with Crippen molar-refractivity contribution < 1.29 is 65.4 Å². The first-order valence-corrected chi connectivity index (χ1v) is 8.63. The van der Waals surface area contributed by atoms with Crippen molar-refractivity contribution in [3.05, 3.63) is 0 Å². The van der Waals surface area contributed by atoms with Crippen LogP contribution < -0.4 is 20.4 Å². The molecule has 0 aliphatic rings. The summed E-state index contributed by atoms with van der Waals surface area (Å²) in [6.07, 6.45) is 0. The van der Waals surface area contributed by atoms with Crippen molar-refractivity contribution in [1.82, 2.24) is 0 Å². The van der Waals surface area contributed by atoms with Gasteiger partial charge in [0, 0.05) is 45.5 Å². The van der Waals surface area contributed by atoms with Gasteiger partial charge in [-0.15, -0.1) is 0 Å². The van der Waals surface area contributed by atoms with Crippen molar-refractivity contribution >= 4 is 23.9 Å². The Labute approximate surface area is 193 Å². The molecule has 168 valence electrons. The molecule has 0 spiro atoms. The topological polar surface area (TPSA) is 161 Å². The normalized spacial score (nSPS) is 10.9. The molecule has 0 fully saturated rings. The first kappa shape index (κ1) is 38.4. The van der Waals surface area contributed by atoms with Crippen molar-refractivity contribution in [1.29, 1.82) is 0 Å². The Morgan fingerprint density at radius 2 is 0.414 bits per heavy atom. The molecule has 0 bridgehead atoms. The van der Waals surface area contributed by atoms with E-state index < -0.39 is 45.5 Å². The van der Waals surface area contributed by atoms with Crippen LogP contribution in [0.25, 0.3) is 0 Å². The van der Waals surface area contributed by atoms with Crippen LogP contribution in [0.4, 0.5) is 0 Å². The minimum absolute atomic E-state index is 0. The Hall–Kier alpha value is -1.25. The van der Waals surface area contributed by atoms with E-state index in [1.54, 1.807) is 83.1 Å². The maximum absolute atomic E-state index is 9.91. The Balaban J connectivity index is -0.0000000873. The van der Waals surface area contributed by atoms with Crippen molar-refractivity contribution in [2.45, 2.75) is 83.1 Å². The average molecular weight is 583 g/mol. The Bertz CT molecular complexity index is 417. The molecular formula is C20H36HfO8. The number of carboxylic acid groups (broad SMARTS) is 4. The van der Waals surface area contributed by atoms with E-state index in [9.17, 15) is 39.6 Å². The number of rotatable bonds is 0. The molecular weight excluding hydrogens is 547 g/mol. The molecule has 0 aromatic heterocycles. The van der Waals surface area contributed by atoms with Crippen molar-refractivity contribution in [2.24, 2.45) is 21.7 Å². The molecule has 0 rings (SSSR count). The summed E-state index contributed by atoms with van der Waals surface area (Å²) >= 11 is 0. The third-order valence-electron chi connectivity index (χ3n) is 2.45. The molecule has 0 atom stereocenters. The fourth-order valence-electron chi connectivity index (χ4n) is 0. The summed E-state index contributed by atoms with van der Waals surface area (Å²) in [5.41, 5.74) is -2.78. The van der Waals surface area contributed by atoms with Gasteiger partial charge in [0.1, 0.15) is 0 Å². The summed E-state index contributed by atoms with van der Waals surface area (Å²) in [7, 11) is 0. The van der Waals surface area contributed by atoms with Crippen LogP contribution in [0.1, 0.15) is 83.1 Å². The third kappa shape index (κ3) is 31.7. The molecule has 0 aliphatic carbocycles. The van der Waals surface area contributed by atoms with Crippen molar-refractivity contribution in [2.75, 3.05) is 0 Å². The van der Waals surface area contributed by atoms with Gasteiger partial charge in [-0.05, 0) is 0 Å². The number of aliphatic carboxylic acids is 4. The summed E-state index contributed by atoms with van der Waals surface area (Å²) in [5.74, 6) is -4.03. The van der Waals surface area contributed by atoms with Crippen LogP contribution in [0.5, 0.6) is 0 Å². The van der Waals surface area contributed by atoms with Crippen LogP contribution in [0.15, 0.2) is 0 Å². The predicted octanol–water partition coefficient (Wildman–Crippen LogP) is -0.873. The molecule has 0 saturated heterocycles. The van der Waals surface area contributed by atoms with Gasteiger partial charge >= 0.3 is 25.8 Å². The van der Waals surface area contributed by atoms with Crippen molar-refractivity contribution in [3.63, 3.8) is 0 Å². The van der Waals surface area contributed by atoms with Gasteiger partial charge in [0.05, 0.1) is 0 Å². The van der Waals surface area contributed by atoms with Crippen molar-refractivity contribution in [3.8, 4) is 0 Å². The van der Waals surface area contributed by atoms with E-state index >= 15 is 0 Å². The summed E-state index contributed by atoms with van der Waals surface area (Å²) < 4.78 is 0. The zero-order valence-electron chi connectivity index (χ0n) is 19.8. The van der Waals surface area contributed by atoms with Crippen LogP contribution in [0, 0.1) is 21.7 Å². The molecule has 0 radical (unpaired) electrons. The molecule has 8 nitrogen and oxygen atoms in total. The van der Waals surface area contributed by atoms with E-state index in [1.165, 1.54) is 0 Å². The molecule has 9 heteroatoms. The first-order valence-electron chi connectivity index (χ1n) is 8.63. The summed E-state index contributed by atoms with van der Waals surface area (Å²) in [4.78, 5) is 39.6. The standard InChI is InChI=1S/4C5H10O2.Hf/c4*1-5(2,3)4(6)7;/h4*1-3H3,(H,6,7);/q;;;;+4/p-4. The molecule has 0 aliphatic heterocycles. The third-order valence-corrected chi connectivity index (χ3v) is 2.45. The van der Waals surface area contributed by atoms with E-state index in [0.717, 1.165) is 0 Å². The van der Waals surface area contributed by atoms with Gasteiger partial charge in [-0.3, -0.25) is 0 Å². The van der Waals surface area contributed by atoms with Crippen LogP contribution in [-0.4, -0.2) is 23.9 Å². The molecule has 0 amide bonds. The predicted molar refractivity (Wildman–Crippen MR) is 97.8 cm³/mol. The van der Waals surface area contributed by atoms with Gasteiger partial charge in [0.25, 0.3) is 0 Å². The summed E-state index contributed by atoms with van der Waals surface area (Å²) in [6.45, 7) is 19.2. The second kappa shape index (κ2) is 14.7. The smallest absolute Gasteiger partial charge is 0.550 e. The van der Waals surface area contributed by atoms with Gasteiger partial charge < -0.3 is 39.6 Å². The molecule has 0 unspecified atom stereocenters. The van der Waals surface area contributed by atoms with Gasteiger partial charge in [-0.2, -0.15) is 0 Å². The number of carbonyl (C=O) groups excluding carboxylic acids is 4. The van der Waals surface area contributed by atoms with Crippen LogP contribution in [-0.2, 0) is 45.0 Å². The minimum Gasteiger partial charge on any atom is -0.550 e. The van der Waals surface area contributed by atoms with Gasteiger partial charge in [-0.25, -0.2) is 0 Å². The van der Waals surface area contributed by atoms with Gasteiger partial charge in [0.15, 0.2) is 0 Å². The average Bonchev–Trinajstić information content (AvgIpc) is 2.35. The Kier molecular flexibility index (Phi) is 19.4. The molecule has 29 heavy (non-hydrogen) atoms. The zero-order valence-corrected chi connectivity index (χ0v) is 23.4. The summed E-state index contributed by atoms with van der Waals surface area (Å²) in [6, 6.07) is 0. The second-order valence-electron chi connectivity index (χ2n) is 10.1. The quantitative estimate of drug-likeness (QED) is 0.333. The molecule has 0 N–H and O–H groups in total. The van der Waals surface area contributed by atoms with Crippen LogP contribution in [0.2, 0.25) is 0 Å². The number of carbonyl (C=O) groups is 4.